The number of hydrogen-bond donors (Lipinski definition) is 3. The van der Waals surface area contributed by atoms with Crippen molar-refractivity contribution in [1.82, 2.24) is 14.9 Å². The maximum Gasteiger partial charge on any atom is 0.222 e. The van der Waals surface area contributed by atoms with Crippen LogP contribution in [-0.2, 0) is 4.79 Å². The highest BCUT2D eigenvalue weighted by molar-refractivity contribution is 5.78. The summed E-state index contributed by atoms with van der Waals surface area (Å²) >= 11 is 0. The van der Waals surface area contributed by atoms with Crippen LogP contribution in [-0.4, -0.2) is 40.4 Å². The fourth-order valence-electron chi connectivity index (χ4n) is 2.83. The summed E-state index contributed by atoms with van der Waals surface area (Å²) in [5.74, 6) is 1.14. The number of rotatable bonds is 6. The Kier molecular flexibility index (Phi) is 4.79. The molecule has 1 aliphatic heterocycles. The molecule has 1 fully saturated rings. The molecule has 24 heavy (non-hydrogen) atoms. The SMILES string of the molecule is Nc1cccc(-c2cc(NCCCN3CCCC3=O)nc(N)n2)c1. The molecule has 7 heteroatoms. The molecule has 0 saturated carbocycles. The summed E-state index contributed by atoms with van der Waals surface area (Å²) in [4.78, 5) is 22.0. The monoisotopic (exact) mass is 326 g/mol. The second kappa shape index (κ2) is 7.16. The van der Waals surface area contributed by atoms with Crippen LogP contribution in [0.25, 0.3) is 11.3 Å². The third kappa shape index (κ3) is 3.92. The number of likely N-dealkylation sites (tertiary alicyclic amines) is 1. The molecule has 0 unspecified atom stereocenters. The number of carbonyl (C=O) groups excluding carboxylic acids is 1. The van der Waals surface area contributed by atoms with E-state index in [4.69, 9.17) is 11.5 Å². The van der Waals surface area contributed by atoms with Gasteiger partial charge in [0.1, 0.15) is 5.82 Å². The maximum absolute atomic E-state index is 11.6. The zero-order chi connectivity index (χ0) is 16.9. The lowest BCUT2D eigenvalue weighted by Gasteiger charge is -2.15. The van der Waals surface area contributed by atoms with Crippen molar-refractivity contribution in [3.05, 3.63) is 30.3 Å². The van der Waals surface area contributed by atoms with E-state index in [1.165, 1.54) is 0 Å². The fourth-order valence-corrected chi connectivity index (χ4v) is 2.83. The number of nitrogens with two attached hydrogens (primary N) is 2. The summed E-state index contributed by atoms with van der Waals surface area (Å²) in [6.07, 6.45) is 2.51. The van der Waals surface area contributed by atoms with Gasteiger partial charge in [0.15, 0.2) is 0 Å². The van der Waals surface area contributed by atoms with Gasteiger partial charge in [-0.3, -0.25) is 4.79 Å². The maximum atomic E-state index is 11.6. The minimum Gasteiger partial charge on any atom is -0.399 e. The van der Waals surface area contributed by atoms with Crippen LogP contribution in [0.3, 0.4) is 0 Å². The smallest absolute Gasteiger partial charge is 0.222 e. The molecule has 0 atom stereocenters. The van der Waals surface area contributed by atoms with Crippen molar-refractivity contribution in [2.24, 2.45) is 0 Å². The van der Waals surface area contributed by atoms with Crippen LogP contribution in [0.1, 0.15) is 19.3 Å². The molecule has 0 aliphatic carbocycles. The number of nitrogens with one attached hydrogen (secondary N) is 1. The number of hydrogen-bond acceptors (Lipinski definition) is 6. The first-order valence-electron chi connectivity index (χ1n) is 8.14. The minimum absolute atomic E-state index is 0.215. The number of nitrogen functional groups attached to an aromatic ring is 2. The van der Waals surface area contributed by atoms with Gasteiger partial charge in [0.2, 0.25) is 11.9 Å². The number of nitrogens with zero attached hydrogens (tertiary/aromatic N) is 3. The lowest BCUT2D eigenvalue weighted by molar-refractivity contribution is -0.127. The Bertz CT molecular complexity index is 733. The van der Waals surface area contributed by atoms with Crippen molar-refractivity contribution >= 4 is 23.4 Å². The molecular formula is C17H22N6O. The first-order valence-corrected chi connectivity index (χ1v) is 8.14. The van der Waals surface area contributed by atoms with Crippen molar-refractivity contribution in [3.63, 3.8) is 0 Å². The first kappa shape index (κ1) is 16.0. The van der Waals surface area contributed by atoms with Crippen molar-refractivity contribution in [2.45, 2.75) is 19.3 Å². The van der Waals surface area contributed by atoms with Gasteiger partial charge >= 0.3 is 0 Å². The normalized spacial score (nSPS) is 14.2. The molecule has 126 valence electrons. The zero-order valence-electron chi connectivity index (χ0n) is 13.5. The standard InChI is InChI=1S/C17H22N6O/c18-13-5-1-4-12(10-13)14-11-15(22-17(19)21-14)20-7-3-9-23-8-2-6-16(23)24/h1,4-5,10-11H,2-3,6-9,18H2,(H3,19,20,21,22). The highest BCUT2D eigenvalue weighted by Crippen LogP contribution is 2.22. The Morgan fingerprint density at radius 2 is 2.08 bits per heavy atom. The van der Waals surface area contributed by atoms with E-state index in [0.29, 0.717) is 17.9 Å². The molecule has 2 heterocycles. The Balaban J connectivity index is 1.60. The minimum atomic E-state index is 0.215. The van der Waals surface area contributed by atoms with Gasteiger partial charge in [-0.15, -0.1) is 0 Å². The lowest BCUT2D eigenvalue weighted by Crippen LogP contribution is -2.27. The Morgan fingerprint density at radius 1 is 1.21 bits per heavy atom. The van der Waals surface area contributed by atoms with E-state index in [-0.39, 0.29) is 11.9 Å². The van der Waals surface area contributed by atoms with Crippen molar-refractivity contribution < 1.29 is 4.79 Å². The summed E-state index contributed by atoms with van der Waals surface area (Å²) in [5, 5.41) is 3.25. The van der Waals surface area contributed by atoms with Crippen LogP contribution in [0, 0.1) is 0 Å². The highest BCUT2D eigenvalue weighted by Gasteiger charge is 2.18. The number of amides is 1. The van der Waals surface area contributed by atoms with Crippen LogP contribution in [0.4, 0.5) is 17.5 Å². The Labute approximate surface area is 141 Å². The molecule has 5 N–H and O–H groups in total. The molecule has 1 aromatic carbocycles. The molecule has 0 radical (unpaired) electrons. The predicted molar refractivity (Wildman–Crippen MR) is 95.2 cm³/mol. The number of carbonyl (C=O) groups is 1. The van der Waals surface area contributed by atoms with Gasteiger partial charge < -0.3 is 21.7 Å². The van der Waals surface area contributed by atoms with Crippen LogP contribution in [0.5, 0.6) is 0 Å². The number of aromatic nitrogens is 2. The second-order valence-corrected chi connectivity index (χ2v) is 5.89. The summed E-state index contributed by atoms with van der Waals surface area (Å²) < 4.78 is 0. The molecule has 0 bridgehead atoms. The molecule has 1 aliphatic rings. The molecule has 0 spiro atoms. The molecule has 1 saturated heterocycles. The van der Waals surface area contributed by atoms with E-state index in [9.17, 15) is 4.79 Å². The summed E-state index contributed by atoms with van der Waals surface area (Å²) in [6, 6.07) is 9.34. The zero-order valence-corrected chi connectivity index (χ0v) is 13.5. The van der Waals surface area contributed by atoms with Crippen LogP contribution < -0.4 is 16.8 Å². The fraction of sp³-hybridized carbons (Fsp3) is 0.353. The third-order valence-electron chi connectivity index (χ3n) is 4.01. The highest BCUT2D eigenvalue weighted by atomic mass is 16.2. The second-order valence-electron chi connectivity index (χ2n) is 5.89. The van der Waals surface area contributed by atoms with E-state index in [2.05, 4.69) is 15.3 Å². The molecule has 2 aromatic rings. The van der Waals surface area contributed by atoms with Crippen LogP contribution in [0.2, 0.25) is 0 Å². The van der Waals surface area contributed by atoms with E-state index < -0.39 is 0 Å². The quantitative estimate of drug-likeness (QED) is 0.551. The van der Waals surface area contributed by atoms with E-state index in [0.717, 1.165) is 43.7 Å². The molecule has 1 aromatic heterocycles. The summed E-state index contributed by atoms with van der Waals surface area (Å²) in [7, 11) is 0. The first-order chi connectivity index (χ1) is 11.6. The molecule has 3 rings (SSSR count). The van der Waals surface area contributed by atoms with Gasteiger partial charge in [-0.2, -0.15) is 4.98 Å². The van der Waals surface area contributed by atoms with Crippen LogP contribution in [0.15, 0.2) is 30.3 Å². The average molecular weight is 326 g/mol. The van der Waals surface area contributed by atoms with Crippen molar-refractivity contribution in [1.29, 1.82) is 0 Å². The van der Waals surface area contributed by atoms with Gasteiger partial charge in [-0.25, -0.2) is 4.98 Å². The average Bonchev–Trinajstić information content (AvgIpc) is 2.96. The Hall–Kier alpha value is -2.83. The van der Waals surface area contributed by atoms with Gasteiger partial charge in [0.25, 0.3) is 0 Å². The van der Waals surface area contributed by atoms with E-state index >= 15 is 0 Å². The van der Waals surface area contributed by atoms with E-state index in [1.54, 1.807) is 0 Å². The van der Waals surface area contributed by atoms with Gasteiger partial charge in [-0.1, -0.05) is 12.1 Å². The predicted octanol–water partition coefficient (Wildman–Crippen LogP) is 1.73. The van der Waals surface area contributed by atoms with E-state index in [1.807, 2.05) is 35.2 Å². The third-order valence-corrected chi connectivity index (χ3v) is 4.01. The van der Waals surface area contributed by atoms with Gasteiger partial charge in [-0.05, 0) is 25.0 Å². The van der Waals surface area contributed by atoms with Gasteiger partial charge in [0, 0.05) is 43.4 Å². The van der Waals surface area contributed by atoms with Crippen molar-refractivity contribution in [2.75, 3.05) is 36.4 Å². The van der Waals surface area contributed by atoms with Crippen LogP contribution >= 0.6 is 0 Å². The van der Waals surface area contributed by atoms with Gasteiger partial charge in [0.05, 0.1) is 5.69 Å². The number of benzene rings is 1. The number of anilines is 3. The topological polar surface area (TPSA) is 110 Å². The largest absolute Gasteiger partial charge is 0.399 e. The summed E-state index contributed by atoms with van der Waals surface area (Å²) in [5.41, 5.74) is 13.9. The molecule has 7 nitrogen and oxygen atoms in total. The lowest BCUT2D eigenvalue weighted by atomic mass is 10.1. The summed E-state index contributed by atoms with van der Waals surface area (Å²) in [6.45, 7) is 2.37. The molecular weight excluding hydrogens is 304 g/mol. The molecule has 1 amide bonds. The van der Waals surface area contributed by atoms with Crippen molar-refractivity contribution in [3.8, 4) is 11.3 Å². The Morgan fingerprint density at radius 3 is 2.83 bits per heavy atom.